The minimum Gasteiger partial charge on any atom is -0.349 e. The highest BCUT2D eigenvalue weighted by Gasteiger charge is 2.21. The van der Waals surface area contributed by atoms with Gasteiger partial charge in [-0.05, 0) is 55.0 Å². The molecule has 4 nitrogen and oxygen atoms in total. The summed E-state index contributed by atoms with van der Waals surface area (Å²) >= 11 is 6.27. The topological polar surface area (TPSA) is 46.9 Å². The molecule has 0 radical (unpaired) electrons. The molecule has 1 heterocycles. The van der Waals surface area contributed by atoms with Gasteiger partial charge in [0.15, 0.2) is 0 Å². The van der Waals surface area contributed by atoms with Crippen molar-refractivity contribution in [3.63, 3.8) is 0 Å². The number of halogens is 1. The summed E-state index contributed by atoms with van der Waals surface area (Å²) in [7, 11) is 0. The molecule has 1 unspecified atom stereocenters. The maximum atomic E-state index is 12.7. The van der Waals surface area contributed by atoms with Crippen molar-refractivity contribution >= 4 is 28.4 Å². The Morgan fingerprint density at radius 1 is 1.06 bits per heavy atom. The fraction of sp³-hybridized carbons (Fsp3) is 0.259. The zero-order chi connectivity index (χ0) is 21.9. The van der Waals surface area contributed by atoms with Crippen molar-refractivity contribution in [2.75, 3.05) is 0 Å². The van der Waals surface area contributed by atoms with E-state index in [2.05, 4.69) is 41.7 Å². The van der Waals surface area contributed by atoms with E-state index in [1.165, 1.54) is 11.1 Å². The van der Waals surface area contributed by atoms with Gasteiger partial charge >= 0.3 is 0 Å². The van der Waals surface area contributed by atoms with Crippen molar-refractivity contribution in [2.45, 2.75) is 44.7 Å². The summed E-state index contributed by atoms with van der Waals surface area (Å²) < 4.78 is 2.00. The number of aromatic nitrogens is 2. The van der Waals surface area contributed by atoms with Gasteiger partial charge in [0.25, 0.3) is 0 Å². The molecule has 0 fully saturated rings. The molecule has 0 bridgehead atoms. The van der Waals surface area contributed by atoms with Gasteiger partial charge in [0, 0.05) is 28.9 Å². The van der Waals surface area contributed by atoms with Gasteiger partial charge in [-0.25, -0.2) is 0 Å². The van der Waals surface area contributed by atoms with Gasteiger partial charge in [0.05, 0.1) is 11.6 Å². The molecule has 1 amide bonds. The fourth-order valence-corrected chi connectivity index (χ4v) is 4.86. The number of nitrogens with one attached hydrogen (secondary N) is 1. The molecule has 1 aliphatic rings. The monoisotopic (exact) mass is 443 g/mol. The van der Waals surface area contributed by atoms with Crippen LogP contribution in [0.5, 0.6) is 0 Å². The van der Waals surface area contributed by atoms with Crippen molar-refractivity contribution in [1.82, 2.24) is 15.1 Å². The molecule has 1 atom stereocenters. The Morgan fingerprint density at radius 3 is 2.75 bits per heavy atom. The number of hydrogen-bond donors (Lipinski definition) is 1. The lowest BCUT2D eigenvalue weighted by Crippen LogP contribution is -2.30. The lowest BCUT2D eigenvalue weighted by atomic mass is 9.87. The zero-order valence-corrected chi connectivity index (χ0v) is 18.7. The molecule has 4 aromatic rings. The number of carbonyl (C=O) groups excluding carboxylic acids is 1. The Labute approximate surface area is 193 Å². The van der Waals surface area contributed by atoms with Gasteiger partial charge in [-0.15, -0.1) is 0 Å². The summed E-state index contributed by atoms with van der Waals surface area (Å²) in [5, 5.41) is 9.85. The highest BCUT2D eigenvalue weighted by molar-refractivity contribution is 6.31. The molecule has 0 aliphatic heterocycles. The molecule has 1 N–H and O–H groups in total. The van der Waals surface area contributed by atoms with Gasteiger partial charge in [0.2, 0.25) is 5.91 Å². The molecule has 3 aromatic carbocycles. The summed E-state index contributed by atoms with van der Waals surface area (Å²) in [6, 6.07) is 24.6. The molecular weight excluding hydrogens is 418 g/mol. The van der Waals surface area contributed by atoms with Gasteiger partial charge < -0.3 is 5.32 Å². The molecular formula is C27H26ClN3O. The van der Waals surface area contributed by atoms with Crippen LogP contribution < -0.4 is 5.32 Å². The predicted octanol–water partition coefficient (Wildman–Crippen LogP) is 6.33. The maximum Gasteiger partial charge on any atom is 0.220 e. The van der Waals surface area contributed by atoms with Crippen LogP contribution in [0.25, 0.3) is 22.2 Å². The van der Waals surface area contributed by atoms with E-state index in [9.17, 15) is 4.79 Å². The Bertz CT molecular complexity index is 1250. The molecule has 5 heteroatoms. The molecule has 32 heavy (non-hydrogen) atoms. The summed E-state index contributed by atoms with van der Waals surface area (Å²) in [5.41, 5.74) is 5.65. The second-order valence-electron chi connectivity index (χ2n) is 8.41. The third-order valence-corrected chi connectivity index (χ3v) is 6.47. The van der Waals surface area contributed by atoms with E-state index >= 15 is 0 Å². The third-order valence-electron chi connectivity index (χ3n) is 6.24. The molecule has 0 saturated heterocycles. The van der Waals surface area contributed by atoms with Crippen LogP contribution >= 0.6 is 11.6 Å². The SMILES string of the molecule is O=C(CCCn1nc(-c2ccccc2)c2cc(Cl)ccc21)NC1CCCc2ccccc21. The van der Waals surface area contributed by atoms with Gasteiger partial charge in [-0.1, -0.05) is 66.2 Å². The number of hydrogen-bond acceptors (Lipinski definition) is 2. The quantitative estimate of drug-likeness (QED) is 0.378. The summed E-state index contributed by atoms with van der Waals surface area (Å²) in [6.07, 6.45) is 4.44. The van der Waals surface area contributed by atoms with E-state index in [0.29, 0.717) is 18.0 Å². The molecule has 0 spiro atoms. The highest BCUT2D eigenvalue weighted by Crippen LogP contribution is 2.31. The van der Waals surface area contributed by atoms with Crippen molar-refractivity contribution < 1.29 is 4.79 Å². The van der Waals surface area contributed by atoms with Crippen LogP contribution in [0.4, 0.5) is 0 Å². The van der Waals surface area contributed by atoms with Crippen LogP contribution in [-0.2, 0) is 17.8 Å². The van der Waals surface area contributed by atoms with Crippen LogP contribution in [0.2, 0.25) is 5.02 Å². The number of rotatable bonds is 6. The lowest BCUT2D eigenvalue weighted by molar-refractivity contribution is -0.122. The summed E-state index contributed by atoms with van der Waals surface area (Å²) in [4.78, 5) is 12.7. The van der Waals surface area contributed by atoms with Crippen molar-refractivity contribution in [3.8, 4) is 11.3 Å². The second kappa shape index (κ2) is 9.17. The van der Waals surface area contributed by atoms with E-state index in [-0.39, 0.29) is 11.9 Å². The first-order valence-electron chi connectivity index (χ1n) is 11.3. The first kappa shape index (κ1) is 20.8. The molecule has 0 saturated carbocycles. The van der Waals surface area contributed by atoms with E-state index in [1.807, 2.05) is 41.1 Å². The maximum absolute atomic E-state index is 12.7. The first-order chi connectivity index (χ1) is 15.7. The number of nitrogens with zero attached hydrogens (tertiary/aromatic N) is 2. The Balaban J connectivity index is 1.28. The summed E-state index contributed by atoms with van der Waals surface area (Å²) in [5.74, 6) is 0.106. The smallest absolute Gasteiger partial charge is 0.220 e. The number of amides is 1. The van der Waals surface area contributed by atoms with Crippen molar-refractivity contribution in [3.05, 3.63) is 88.9 Å². The Kier molecular flexibility index (Phi) is 5.95. The molecule has 162 valence electrons. The Morgan fingerprint density at radius 2 is 1.88 bits per heavy atom. The Hall–Kier alpha value is -3.11. The van der Waals surface area contributed by atoms with E-state index < -0.39 is 0 Å². The highest BCUT2D eigenvalue weighted by atomic mass is 35.5. The number of aryl methyl sites for hydroxylation is 2. The van der Waals surface area contributed by atoms with E-state index in [0.717, 1.165) is 47.8 Å². The average Bonchev–Trinajstić information content (AvgIpc) is 3.17. The normalized spacial score (nSPS) is 15.5. The lowest BCUT2D eigenvalue weighted by Gasteiger charge is -2.26. The number of benzene rings is 3. The third kappa shape index (κ3) is 4.28. The van der Waals surface area contributed by atoms with Crippen molar-refractivity contribution in [1.29, 1.82) is 0 Å². The first-order valence-corrected chi connectivity index (χ1v) is 11.7. The van der Waals surface area contributed by atoms with Crippen LogP contribution in [-0.4, -0.2) is 15.7 Å². The predicted molar refractivity (Wildman–Crippen MR) is 130 cm³/mol. The largest absolute Gasteiger partial charge is 0.349 e. The number of carbonyl (C=O) groups is 1. The van der Waals surface area contributed by atoms with Crippen LogP contribution in [0, 0.1) is 0 Å². The van der Waals surface area contributed by atoms with E-state index in [4.69, 9.17) is 16.7 Å². The van der Waals surface area contributed by atoms with Gasteiger partial charge in [-0.2, -0.15) is 5.10 Å². The van der Waals surface area contributed by atoms with Crippen molar-refractivity contribution in [2.24, 2.45) is 0 Å². The fourth-order valence-electron chi connectivity index (χ4n) is 4.69. The van der Waals surface area contributed by atoms with E-state index in [1.54, 1.807) is 0 Å². The van der Waals surface area contributed by atoms with Crippen LogP contribution in [0.1, 0.15) is 42.9 Å². The molecule has 1 aliphatic carbocycles. The zero-order valence-electron chi connectivity index (χ0n) is 17.9. The van der Waals surface area contributed by atoms with Crippen LogP contribution in [0.15, 0.2) is 72.8 Å². The number of fused-ring (bicyclic) bond motifs is 2. The standard InChI is InChI=1S/C27H26ClN3O/c28-21-15-16-25-23(18-21)27(20-9-2-1-3-10-20)30-31(25)17-7-14-26(32)29-24-13-6-11-19-8-4-5-12-22(19)24/h1-5,8-10,12,15-16,18,24H,6-7,11,13-14,17H2,(H,29,32). The average molecular weight is 444 g/mol. The second-order valence-corrected chi connectivity index (χ2v) is 8.85. The molecule has 1 aromatic heterocycles. The summed E-state index contributed by atoms with van der Waals surface area (Å²) in [6.45, 7) is 0.680. The van der Waals surface area contributed by atoms with Gasteiger partial charge in [0.1, 0.15) is 5.69 Å². The minimum absolute atomic E-state index is 0.106. The minimum atomic E-state index is 0.106. The molecule has 5 rings (SSSR count). The van der Waals surface area contributed by atoms with Crippen LogP contribution in [0.3, 0.4) is 0 Å². The van der Waals surface area contributed by atoms with Gasteiger partial charge in [-0.3, -0.25) is 9.48 Å².